The van der Waals surface area contributed by atoms with Crippen molar-refractivity contribution in [3.8, 4) is 5.75 Å². The topological polar surface area (TPSA) is 55.5 Å². The molecule has 2 aromatic carbocycles. The van der Waals surface area contributed by atoms with Crippen molar-refractivity contribution in [2.75, 3.05) is 7.11 Å². The summed E-state index contributed by atoms with van der Waals surface area (Å²) in [5.74, 6) is 0.696. The molecule has 1 aliphatic rings. The van der Waals surface area contributed by atoms with Gasteiger partial charge in [-0.1, -0.05) is 35.9 Å². The predicted octanol–water partition coefficient (Wildman–Crippen LogP) is 2.64. The normalized spacial score (nSPS) is 24.5. The molecule has 0 saturated carbocycles. The first-order chi connectivity index (χ1) is 9.56. The summed E-state index contributed by atoms with van der Waals surface area (Å²) in [5.41, 5.74) is 8.89. The second-order valence-corrected chi connectivity index (χ2v) is 5.46. The van der Waals surface area contributed by atoms with Crippen LogP contribution in [0.5, 0.6) is 5.75 Å². The molecule has 1 aliphatic carbocycles. The fourth-order valence-corrected chi connectivity index (χ4v) is 3.14. The molecule has 0 bridgehead atoms. The number of fused-ring (bicyclic) bond motifs is 1. The lowest BCUT2D eigenvalue weighted by molar-refractivity contribution is 0.0747. The highest BCUT2D eigenvalue weighted by Gasteiger charge is 2.43. The number of hydrogen-bond donors (Lipinski definition) is 2. The van der Waals surface area contributed by atoms with Gasteiger partial charge in [0.25, 0.3) is 0 Å². The molecule has 2 unspecified atom stereocenters. The van der Waals surface area contributed by atoms with Crippen molar-refractivity contribution in [3.05, 3.63) is 64.7 Å². The van der Waals surface area contributed by atoms with Gasteiger partial charge < -0.3 is 15.6 Å². The van der Waals surface area contributed by atoms with Crippen molar-refractivity contribution < 1.29 is 9.84 Å². The van der Waals surface area contributed by atoms with E-state index in [1.54, 1.807) is 7.11 Å². The first-order valence-corrected chi connectivity index (χ1v) is 6.79. The zero-order valence-electron chi connectivity index (χ0n) is 11.8. The van der Waals surface area contributed by atoms with E-state index in [0.717, 1.165) is 22.3 Å². The summed E-state index contributed by atoms with van der Waals surface area (Å²) in [5, 5.41) is 11.3. The van der Waals surface area contributed by atoms with E-state index in [0.29, 0.717) is 12.2 Å². The number of rotatable bonds is 2. The summed E-state index contributed by atoms with van der Waals surface area (Å²) in [7, 11) is 1.62. The van der Waals surface area contributed by atoms with Gasteiger partial charge >= 0.3 is 0 Å². The number of hydrogen-bond acceptors (Lipinski definition) is 3. The Morgan fingerprint density at radius 1 is 1.20 bits per heavy atom. The molecule has 0 fully saturated rings. The van der Waals surface area contributed by atoms with Gasteiger partial charge in [-0.25, -0.2) is 0 Å². The smallest absolute Gasteiger partial charge is 0.125 e. The van der Waals surface area contributed by atoms with Crippen LogP contribution in [0.25, 0.3) is 0 Å². The molecule has 0 radical (unpaired) electrons. The number of benzene rings is 2. The van der Waals surface area contributed by atoms with Crippen LogP contribution in [0.2, 0.25) is 0 Å². The van der Waals surface area contributed by atoms with Crippen molar-refractivity contribution >= 4 is 0 Å². The van der Waals surface area contributed by atoms with Gasteiger partial charge in [-0.15, -0.1) is 0 Å². The van der Waals surface area contributed by atoms with Crippen LogP contribution in [0.1, 0.15) is 34.7 Å². The van der Waals surface area contributed by atoms with Crippen LogP contribution >= 0.6 is 0 Å². The average Bonchev–Trinajstić information content (AvgIpc) is 2.72. The zero-order valence-corrected chi connectivity index (χ0v) is 11.8. The number of ether oxygens (including phenoxy) is 1. The van der Waals surface area contributed by atoms with Crippen LogP contribution in [0.3, 0.4) is 0 Å². The molecule has 0 aliphatic heterocycles. The van der Waals surface area contributed by atoms with Gasteiger partial charge in [0, 0.05) is 18.0 Å². The third-order valence-electron chi connectivity index (χ3n) is 4.12. The molecular formula is C17H19NO2. The van der Waals surface area contributed by atoms with E-state index in [2.05, 4.69) is 0 Å². The number of methoxy groups -OCH3 is 1. The Kier molecular flexibility index (Phi) is 3.04. The van der Waals surface area contributed by atoms with Crippen LogP contribution in [-0.2, 0) is 5.60 Å². The maximum atomic E-state index is 11.3. The van der Waals surface area contributed by atoms with Crippen molar-refractivity contribution in [3.63, 3.8) is 0 Å². The second-order valence-electron chi connectivity index (χ2n) is 5.46. The largest absolute Gasteiger partial charge is 0.496 e. The summed E-state index contributed by atoms with van der Waals surface area (Å²) in [6, 6.07) is 13.5. The lowest BCUT2D eigenvalue weighted by Gasteiger charge is -2.27. The Bertz CT molecular complexity index is 653. The monoisotopic (exact) mass is 269 g/mol. The van der Waals surface area contributed by atoms with Crippen molar-refractivity contribution in [1.82, 2.24) is 0 Å². The van der Waals surface area contributed by atoms with Crippen LogP contribution in [0, 0.1) is 6.92 Å². The highest BCUT2D eigenvalue weighted by molar-refractivity contribution is 5.52. The minimum Gasteiger partial charge on any atom is -0.496 e. The standard InChI is InChI=1S/C17H19NO2/c1-11-7-8-16(20-2)14(9-11)17(19)10-15(18)12-5-3-4-6-13(12)17/h3-9,15,19H,10,18H2,1-2H3. The zero-order chi connectivity index (χ0) is 14.3. The Balaban J connectivity index is 2.22. The van der Waals surface area contributed by atoms with Gasteiger partial charge in [0.1, 0.15) is 11.4 Å². The number of aryl methyl sites for hydroxylation is 1. The van der Waals surface area contributed by atoms with Crippen molar-refractivity contribution in [2.45, 2.75) is 25.0 Å². The molecule has 3 N–H and O–H groups in total. The first-order valence-electron chi connectivity index (χ1n) is 6.79. The maximum Gasteiger partial charge on any atom is 0.125 e. The molecule has 3 rings (SSSR count). The van der Waals surface area contributed by atoms with Gasteiger partial charge in [-0.05, 0) is 30.2 Å². The van der Waals surface area contributed by atoms with Gasteiger partial charge in [0.05, 0.1) is 7.11 Å². The van der Waals surface area contributed by atoms with Crippen molar-refractivity contribution in [2.24, 2.45) is 5.73 Å². The van der Waals surface area contributed by atoms with Gasteiger partial charge in [-0.3, -0.25) is 0 Å². The van der Waals surface area contributed by atoms with E-state index < -0.39 is 5.60 Å². The molecule has 3 nitrogen and oxygen atoms in total. The minimum atomic E-state index is -1.08. The van der Waals surface area contributed by atoms with Crippen LogP contribution in [-0.4, -0.2) is 12.2 Å². The second kappa shape index (κ2) is 4.62. The van der Waals surface area contributed by atoms with Gasteiger partial charge in [0.2, 0.25) is 0 Å². The maximum absolute atomic E-state index is 11.3. The molecule has 0 heterocycles. The lowest BCUT2D eigenvalue weighted by Crippen LogP contribution is -2.26. The number of aliphatic hydroxyl groups is 1. The molecule has 20 heavy (non-hydrogen) atoms. The summed E-state index contributed by atoms with van der Waals surface area (Å²) < 4.78 is 5.43. The van der Waals surface area contributed by atoms with Crippen LogP contribution < -0.4 is 10.5 Å². The quantitative estimate of drug-likeness (QED) is 0.881. The third kappa shape index (κ3) is 1.82. The molecule has 2 aromatic rings. The number of nitrogens with two attached hydrogens (primary N) is 1. The molecular weight excluding hydrogens is 250 g/mol. The third-order valence-corrected chi connectivity index (χ3v) is 4.12. The summed E-state index contributed by atoms with van der Waals surface area (Å²) in [4.78, 5) is 0. The van der Waals surface area contributed by atoms with Crippen LogP contribution in [0.15, 0.2) is 42.5 Å². The molecule has 0 saturated heterocycles. The Labute approximate surface area is 119 Å². The fourth-order valence-electron chi connectivity index (χ4n) is 3.14. The molecule has 0 aromatic heterocycles. The summed E-state index contributed by atoms with van der Waals surface area (Å²) in [6.45, 7) is 2.01. The van der Waals surface area contributed by atoms with Gasteiger partial charge in [0.15, 0.2) is 0 Å². The first kappa shape index (κ1) is 13.2. The van der Waals surface area contributed by atoms with Gasteiger partial charge in [-0.2, -0.15) is 0 Å². The highest BCUT2D eigenvalue weighted by Crippen LogP contribution is 2.48. The average molecular weight is 269 g/mol. The summed E-state index contributed by atoms with van der Waals surface area (Å²) in [6.07, 6.45) is 0.478. The molecule has 3 heteroatoms. The van der Waals surface area contributed by atoms with E-state index in [1.807, 2.05) is 49.4 Å². The van der Waals surface area contributed by atoms with Crippen molar-refractivity contribution in [1.29, 1.82) is 0 Å². The molecule has 2 atom stereocenters. The lowest BCUT2D eigenvalue weighted by atomic mass is 9.86. The molecule has 0 amide bonds. The Hall–Kier alpha value is -1.84. The van der Waals surface area contributed by atoms with E-state index >= 15 is 0 Å². The van der Waals surface area contributed by atoms with E-state index in [1.165, 1.54) is 0 Å². The SMILES string of the molecule is COc1ccc(C)cc1C1(O)CC(N)c2ccccc21. The summed E-state index contributed by atoms with van der Waals surface area (Å²) >= 11 is 0. The Morgan fingerprint density at radius 3 is 2.70 bits per heavy atom. The highest BCUT2D eigenvalue weighted by atomic mass is 16.5. The molecule has 0 spiro atoms. The fraction of sp³-hybridized carbons (Fsp3) is 0.294. The minimum absolute atomic E-state index is 0.151. The Morgan fingerprint density at radius 2 is 1.95 bits per heavy atom. The van der Waals surface area contributed by atoms with E-state index in [9.17, 15) is 5.11 Å². The van der Waals surface area contributed by atoms with E-state index in [-0.39, 0.29) is 6.04 Å². The van der Waals surface area contributed by atoms with E-state index in [4.69, 9.17) is 10.5 Å². The molecule has 104 valence electrons. The van der Waals surface area contributed by atoms with Crippen LogP contribution in [0.4, 0.5) is 0 Å². The predicted molar refractivity (Wildman–Crippen MR) is 78.7 cm³/mol.